The molecule has 1 aromatic carbocycles. The molecule has 3 nitrogen and oxygen atoms in total. The summed E-state index contributed by atoms with van der Waals surface area (Å²) in [5.41, 5.74) is 0.835. The van der Waals surface area contributed by atoms with Gasteiger partial charge in [-0.05, 0) is 38.2 Å². The van der Waals surface area contributed by atoms with Crippen molar-refractivity contribution in [2.75, 3.05) is 7.11 Å². The fraction of sp³-hybridized carbons (Fsp3) is 0.438. The number of hydrogen-bond donors (Lipinski definition) is 0. The number of para-hydroxylation sites is 1. The van der Waals surface area contributed by atoms with Gasteiger partial charge in [-0.25, -0.2) is 0 Å². The molecule has 0 saturated carbocycles. The number of ketones is 1. The second-order valence-corrected chi connectivity index (χ2v) is 10.1. The van der Waals surface area contributed by atoms with E-state index in [0.29, 0.717) is 12.2 Å². The third kappa shape index (κ3) is 5.21. The van der Waals surface area contributed by atoms with E-state index in [2.05, 4.69) is 19.6 Å². The summed E-state index contributed by atoms with van der Waals surface area (Å²) in [5, 5.41) is 0. The van der Waals surface area contributed by atoms with Crippen LogP contribution >= 0.6 is 0 Å². The first-order valence-corrected chi connectivity index (χ1v) is 10.3. The second kappa shape index (κ2) is 7.29. The molecule has 4 heteroatoms. The van der Waals surface area contributed by atoms with Gasteiger partial charge in [0.1, 0.15) is 11.5 Å². The number of carbonyl (C=O) groups excluding carboxylic acids is 1. The Kier molecular flexibility index (Phi) is 6.01. The van der Waals surface area contributed by atoms with Crippen LogP contribution < -0.4 is 4.74 Å². The lowest BCUT2D eigenvalue weighted by Gasteiger charge is -2.23. The molecule has 0 amide bonds. The first kappa shape index (κ1) is 16.5. The number of methoxy groups -OCH3 is 1. The molecule has 20 heavy (non-hydrogen) atoms. The minimum absolute atomic E-state index is 0.0895. The molecule has 0 spiro atoms. The number of hydrogen-bond acceptors (Lipinski definition) is 3. The van der Waals surface area contributed by atoms with E-state index in [0.717, 1.165) is 17.7 Å². The molecule has 0 bridgehead atoms. The van der Waals surface area contributed by atoms with Crippen LogP contribution in [0.15, 0.2) is 30.3 Å². The lowest BCUT2D eigenvalue weighted by molar-refractivity contribution is -0.114. The van der Waals surface area contributed by atoms with Gasteiger partial charge in [-0.2, -0.15) is 0 Å². The van der Waals surface area contributed by atoms with Crippen molar-refractivity contribution < 1.29 is 14.0 Å². The van der Waals surface area contributed by atoms with Gasteiger partial charge >= 0.3 is 0 Å². The Morgan fingerprint density at radius 1 is 1.25 bits per heavy atom. The van der Waals surface area contributed by atoms with Crippen LogP contribution in [0.3, 0.4) is 0 Å². The van der Waals surface area contributed by atoms with Gasteiger partial charge in [0.2, 0.25) is 8.32 Å². The van der Waals surface area contributed by atoms with Gasteiger partial charge in [0.05, 0.1) is 12.7 Å². The molecule has 0 saturated heterocycles. The SMILES string of the molecule is CCCC(=O)/C=C(\O[Si](C)(C)C)c1ccccc1OC. The van der Waals surface area contributed by atoms with Crippen molar-refractivity contribution in [3.8, 4) is 5.75 Å². The van der Waals surface area contributed by atoms with Gasteiger partial charge in [-0.15, -0.1) is 0 Å². The Morgan fingerprint density at radius 3 is 2.45 bits per heavy atom. The summed E-state index contributed by atoms with van der Waals surface area (Å²) in [6.45, 7) is 8.29. The maximum absolute atomic E-state index is 11.9. The monoisotopic (exact) mass is 292 g/mol. The number of allylic oxidation sites excluding steroid dienone is 1. The third-order valence-electron chi connectivity index (χ3n) is 2.58. The summed E-state index contributed by atoms with van der Waals surface area (Å²) in [6.07, 6.45) is 2.98. The van der Waals surface area contributed by atoms with E-state index in [9.17, 15) is 4.79 Å². The summed E-state index contributed by atoms with van der Waals surface area (Å²) >= 11 is 0. The number of ether oxygens (including phenoxy) is 1. The zero-order valence-corrected chi connectivity index (χ0v) is 14.0. The summed E-state index contributed by atoms with van der Waals surface area (Å²) in [7, 11) is -0.181. The van der Waals surface area contributed by atoms with Gasteiger partial charge in [0.15, 0.2) is 5.78 Å². The fourth-order valence-electron chi connectivity index (χ4n) is 1.81. The molecule has 0 aromatic heterocycles. The molecule has 0 N–H and O–H groups in total. The average molecular weight is 292 g/mol. The molecule has 0 radical (unpaired) electrons. The van der Waals surface area contributed by atoms with Crippen molar-refractivity contribution in [3.63, 3.8) is 0 Å². The van der Waals surface area contributed by atoms with E-state index >= 15 is 0 Å². The molecule has 0 aliphatic heterocycles. The van der Waals surface area contributed by atoms with Crippen molar-refractivity contribution in [1.82, 2.24) is 0 Å². The van der Waals surface area contributed by atoms with E-state index < -0.39 is 8.32 Å². The van der Waals surface area contributed by atoms with Crippen molar-refractivity contribution >= 4 is 19.9 Å². The molecule has 0 aliphatic rings. The van der Waals surface area contributed by atoms with Gasteiger partial charge in [-0.3, -0.25) is 4.79 Å². The quantitative estimate of drug-likeness (QED) is 0.428. The lowest BCUT2D eigenvalue weighted by Crippen LogP contribution is -2.24. The highest BCUT2D eigenvalue weighted by atomic mass is 28.4. The van der Waals surface area contributed by atoms with Crippen molar-refractivity contribution in [2.24, 2.45) is 0 Å². The molecule has 0 unspecified atom stereocenters. The Bertz CT molecular complexity index is 487. The highest BCUT2D eigenvalue weighted by molar-refractivity contribution is 6.70. The van der Waals surface area contributed by atoms with Crippen LogP contribution in [0.5, 0.6) is 5.75 Å². The van der Waals surface area contributed by atoms with E-state index in [4.69, 9.17) is 9.16 Å². The maximum Gasteiger partial charge on any atom is 0.242 e. The first-order valence-electron chi connectivity index (χ1n) is 6.94. The number of carbonyl (C=O) groups is 1. The van der Waals surface area contributed by atoms with Crippen LogP contribution in [-0.4, -0.2) is 21.2 Å². The minimum atomic E-state index is -1.80. The normalized spacial score (nSPS) is 12.2. The smallest absolute Gasteiger partial charge is 0.242 e. The highest BCUT2D eigenvalue weighted by Crippen LogP contribution is 2.29. The van der Waals surface area contributed by atoms with Crippen LogP contribution in [0.4, 0.5) is 0 Å². The van der Waals surface area contributed by atoms with Crippen molar-refractivity contribution in [1.29, 1.82) is 0 Å². The first-order chi connectivity index (χ1) is 9.37. The highest BCUT2D eigenvalue weighted by Gasteiger charge is 2.21. The van der Waals surface area contributed by atoms with Gasteiger partial charge in [0, 0.05) is 12.5 Å². The molecule has 1 aromatic rings. The van der Waals surface area contributed by atoms with Gasteiger partial charge in [0.25, 0.3) is 0 Å². The molecule has 0 fully saturated rings. The number of benzene rings is 1. The van der Waals surface area contributed by atoms with Crippen LogP contribution in [0, 0.1) is 0 Å². The zero-order valence-electron chi connectivity index (χ0n) is 13.0. The maximum atomic E-state index is 11.9. The lowest BCUT2D eigenvalue weighted by atomic mass is 10.1. The molecule has 110 valence electrons. The molecule has 0 atom stereocenters. The summed E-state index contributed by atoms with van der Waals surface area (Å²) in [4.78, 5) is 11.9. The predicted octanol–water partition coefficient (Wildman–Crippen LogP) is 4.26. The van der Waals surface area contributed by atoms with Gasteiger partial charge < -0.3 is 9.16 Å². The molecule has 1 rings (SSSR count). The Morgan fingerprint density at radius 2 is 1.90 bits per heavy atom. The fourth-order valence-corrected chi connectivity index (χ4v) is 2.63. The van der Waals surface area contributed by atoms with Crippen LogP contribution in [0.2, 0.25) is 19.6 Å². The second-order valence-electron chi connectivity index (χ2n) is 5.64. The Labute approximate surface area is 122 Å². The molecule has 0 heterocycles. The van der Waals surface area contributed by atoms with Crippen molar-refractivity contribution in [2.45, 2.75) is 39.4 Å². The van der Waals surface area contributed by atoms with Crippen LogP contribution in [0.1, 0.15) is 25.3 Å². The molecule has 0 aliphatic carbocycles. The average Bonchev–Trinajstić information content (AvgIpc) is 2.36. The minimum Gasteiger partial charge on any atom is -0.544 e. The van der Waals surface area contributed by atoms with Crippen LogP contribution in [0.25, 0.3) is 5.76 Å². The Hall–Kier alpha value is -1.55. The number of rotatable bonds is 7. The van der Waals surface area contributed by atoms with Gasteiger partial charge in [-0.1, -0.05) is 19.1 Å². The third-order valence-corrected chi connectivity index (χ3v) is 3.41. The van der Waals surface area contributed by atoms with E-state index in [1.165, 1.54) is 0 Å². The van der Waals surface area contributed by atoms with E-state index in [1.54, 1.807) is 13.2 Å². The standard InChI is InChI=1S/C16H24O3Si/c1-6-9-13(17)12-16(19-20(3,4)5)14-10-7-8-11-15(14)18-2/h7-8,10-12H,6,9H2,1-5H3/b16-12-. The molecular weight excluding hydrogens is 268 g/mol. The van der Waals surface area contributed by atoms with Crippen LogP contribution in [-0.2, 0) is 9.22 Å². The topological polar surface area (TPSA) is 35.5 Å². The van der Waals surface area contributed by atoms with E-state index in [1.807, 2.05) is 31.2 Å². The van der Waals surface area contributed by atoms with Crippen molar-refractivity contribution in [3.05, 3.63) is 35.9 Å². The summed E-state index contributed by atoms with van der Waals surface area (Å²) in [6, 6.07) is 7.62. The van der Waals surface area contributed by atoms with E-state index in [-0.39, 0.29) is 5.78 Å². The zero-order chi connectivity index (χ0) is 15.2. The summed E-state index contributed by atoms with van der Waals surface area (Å²) < 4.78 is 11.4. The summed E-state index contributed by atoms with van der Waals surface area (Å²) in [5.74, 6) is 1.44. The Balaban J connectivity index is 3.19. The largest absolute Gasteiger partial charge is 0.544 e. The predicted molar refractivity (Wildman–Crippen MR) is 85.3 cm³/mol. The molecular formula is C16H24O3Si.